The van der Waals surface area contributed by atoms with Crippen LogP contribution in [0.2, 0.25) is 0 Å². The largest absolute Gasteiger partial charge is 0.335 e. The molecule has 1 N–H and O–H groups in total. The number of carbonyl (C=O) groups excluding carboxylic acids is 1. The van der Waals surface area contributed by atoms with Gasteiger partial charge in [0, 0.05) is 19.1 Å². The van der Waals surface area contributed by atoms with E-state index in [2.05, 4.69) is 25.2 Å². The van der Waals surface area contributed by atoms with Crippen LogP contribution in [0.1, 0.15) is 37.8 Å². The van der Waals surface area contributed by atoms with Gasteiger partial charge in [0.15, 0.2) is 0 Å². The maximum Gasteiger partial charge on any atom is 0.317 e. The van der Waals surface area contributed by atoms with Gasteiger partial charge in [-0.1, -0.05) is 26.0 Å². The summed E-state index contributed by atoms with van der Waals surface area (Å²) in [6.45, 7) is 5.55. The highest BCUT2D eigenvalue weighted by atomic mass is 16.2. The molecule has 2 rings (SSSR count). The molecule has 0 aromatic heterocycles. The molecule has 0 radical (unpaired) electrons. The van der Waals surface area contributed by atoms with E-state index in [1.807, 2.05) is 17.0 Å². The molecule has 4 nitrogen and oxygen atoms in total. The summed E-state index contributed by atoms with van der Waals surface area (Å²) in [6.07, 6.45) is 2.02. The maximum atomic E-state index is 12.2. The van der Waals surface area contributed by atoms with E-state index >= 15 is 0 Å². The zero-order valence-corrected chi connectivity index (χ0v) is 12.1. The minimum atomic E-state index is 0.0190. The van der Waals surface area contributed by atoms with Crippen LogP contribution >= 0.6 is 0 Å². The minimum Gasteiger partial charge on any atom is -0.335 e. The fourth-order valence-corrected chi connectivity index (χ4v) is 2.20. The summed E-state index contributed by atoms with van der Waals surface area (Å²) >= 11 is 0. The summed E-state index contributed by atoms with van der Waals surface area (Å²) < 4.78 is 0. The molecule has 20 heavy (non-hydrogen) atoms. The first kappa shape index (κ1) is 14.4. The van der Waals surface area contributed by atoms with Gasteiger partial charge >= 0.3 is 6.03 Å². The Labute approximate surface area is 120 Å². The van der Waals surface area contributed by atoms with Crippen molar-refractivity contribution in [2.24, 2.45) is 5.92 Å². The summed E-state index contributed by atoms with van der Waals surface area (Å²) in [5.74, 6) is 0.609. The third-order valence-corrected chi connectivity index (χ3v) is 3.66. The molecule has 106 valence electrons. The molecule has 0 unspecified atom stereocenters. The standard InChI is InChI=1S/C16H21N3O/c1-3-8-19(16(20)18-15-9-12(15)2)11-14-6-4-13(10-17)5-7-14/h4-7,12,15H,3,8-9,11H2,1-2H3,(H,18,20)/t12-,15-/m1/s1. The average molecular weight is 271 g/mol. The zero-order chi connectivity index (χ0) is 14.5. The molecule has 1 aromatic carbocycles. The summed E-state index contributed by atoms with van der Waals surface area (Å²) in [4.78, 5) is 14.1. The Morgan fingerprint density at radius 1 is 1.45 bits per heavy atom. The van der Waals surface area contributed by atoms with E-state index in [0.717, 1.165) is 24.9 Å². The quantitative estimate of drug-likeness (QED) is 0.895. The molecule has 4 heteroatoms. The van der Waals surface area contributed by atoms with E-state index in [0.29, 0.717) is 24.1 Å². The number of carbonyl (C=O) groups is 1. The molecule has 0 heterocycles. The van der Waals surface area contributed by atoms with Gasteiger partial charge in [-0.05, 0) is 36.5 Å². The molecule has 0 saturated heterocycles. The molecular weight excluding hydrogens is 250 g/mol. The van der Waals surface area contributed by atoms with E-state index in [1.54, 1.807) is 12.1 Å². The van der Waals surface area contributed by atoms with Crippen LogP contribution in [0.15, 0.2) is 24.3 Å². The second-order valence-electron chi connectivity index (χ2n) is 5.50. The number of urea groups is 1. The van der Waals surface area contributed by atoms with E-state index in [1.165, 1.54) is 0 Å². The number of rotatable bonds is 5. The van der Waals surface area contributed by atoms with Gasteiger partial charge in [-0.25, -0.2) is 4.79 Å². The number of hydrogen-bond acceptors (Lipinski definition) is 2. The highest BCUT2D eigenvalue weighted by Gasteiger charge is 2.34. The van der Waals surface area contributed by atoms with Crippen molar-refractivity contribution in [2.45, 2.75) is 39.3 Å². The van der Waals surface area contributed by atoms with Crippen molar-refractivity contribution in [1.82, 2.24) is 10.2 Å². The highest BCUT2D eigenvalue weighted by Crippen LogP contribution is 2.29. The SMILES string of the molecule is CCCN(Cc1ccc(C#N)cc1)C(=O)N[C@@H]1C[C@H]1C. The summed E-state index contributed by atoms with van der Waals surface area (Å²) in [6, 6.07) is 9.88. The third kappa shape index (κ3) is 3.74. The van der Waals surface area contributed by atoms with Crippen LogP contribution in [0.25, 0.3) is 0 Å². The van der Waals surface area contributed by atoms with Crippen LogP contribution in [0.3, 0.4) is 0 Å². The fraction of sp³-hybridized carbons (Fsp3) is 0.500. The summed E-state index contributed by atoms with van der Waals surface area (Å²) in [5.41, 5.74) is 1.70. The molecule has 1 aromatic rings. The van der Waals surface area contributed by atoms with Gasteiger partial charge in [0.1, 0.15) is 0 Å². The van der Waals surface area contributed by atoms with Gasteiger partial charge in [-0.15, -0.1) is 0 Å². The van der Waals surface area contributed by atoms with Gasteiger partial charge < -0.3 is 10.2 Å². The predicted octanol–water partition coefficient (Wildman–Crippen LogP) is 2.89. The summed E-state index contributed by atoms with van der Waals surface area (Å²) in [5, 5.41) is 11.9. The monoisotopic (exact) mass is 271 g/mol. The molecular formula is C16H21N3O. The Morgan fingerprint density at radius 2 is 2.10 bits per heavy atom. The van der Waals surface area contributed by atoms with Crippen molar-refractivity contribution in [2.75, 3.05) is 6.54 Å². The van der Waals surface area contributed by atoms with Gasteiger partial charge in [0.25, 0.3) is 0 Å². The van der Waals surface area contributed by atoms with Crippen molar-refractivity contribution in [3.8, 4) is 6.07 Å². The lowest BCUT2D eigenvalue weighted by Gasteiger charge is -2.23. The number of hydrogen-bond donors (Lipinski definition) is 1. The number of nitrogens with zero attached hydrogens (tertiary/aromatic N) is 2. The number of amides is 2. The predicted molar refractivity (Wildman–Crippen MR) is 78.0 cm³/mol. The Bertz CT molecular complexity index is 503. The average Bonchev–Trinajstić information content (AvgIpc) is 3.14. The van der Waals surface area contributed by atoms with Gasteiger partial charge in [-0.2, -0.15) is 5.26 Å². The first-order valence-electron chi connectivity index (χ1n) is 7.18. The Hall–Kier alpha value is -2.02. The molecule has 1 aliphatic rings. The van der Waals surface area contributed by atoms with Gasteiger partial charge in [0.2, 0.25) is 0 Å². The third-order valence-electron chi connectivity index (χ3n) is 3.66. The van der Waals surface area contributed by atoms with Crippen LogP contribution in [0.4, 0.5) is 4.79 Å². The number of nitrogens with one attached hydrogen (secondary N) is 1. The maximum absolute atomic E-state index is 12.2. The smallest absolute Gasteiger partial charge is 0.317 e. The molecule has 0 aliphatic heterocycles. The fourth-order valence-electron chi connectivity index (χ4n) is 2.20. The van der Waals surface area contributed by atoms with Gasteiger partial charge in [-0.3, -0.25) is 0 Å². The van der Waals surface area contributed by atoms with Crippen LogP contribution in [-0.2, 0) is 6.54 Å². The molecule has 0 bridgehead atoms. The Morgan fingerprint density at radius 3 is 2.60 bits per heavy atom. The first-order valence-corrected chi connectivity index (χ1v) is 7.18. The second-order valence-corrected chi connectivity index (χ2v) is 5.50. The van der Waals surface area contributed by atoms with E-state index in [9.17, 15) is 4.79 Å². The van der Waals surface area contributed by atoms with Crippen LogP contribution < -0.4 is 5.32 Å². The number of nitriles is 1. The van der Waals surface area contributed by atoms with Gasteiger partial charge in [0.05, 0.1) is 11.6 Å². The first-order chi connectivity index (χ1) is 9.63. The van der Waals surface area contributed by atoms with Crippen molar-refractivity contribution < 1.29 is 4.79 Å². The molecule has 1 saturated carbocycles. The van der Waals surface area contributed by atoms with Crippen LogP contribution in [0, 0.1) is 17.2 Å². The molecule has 1 aliphatic carbocycles. The second kappa shape index (κ2) is 6.42. The zero-order valence-electron chi connectivity index (χ0n) is 12.1. The normalized spacial score (nSPS) is 20.1. The Balaban J connectivity index is 1.96. The van der Waals surface area contributed by atoms with Crippen molar-refractivity contribution in [1.29, 1.82) is 5.26 Å². The minimum absolute atomic E-state index is 0.0190. The van der Waals surface area contributed by atoms with Crippen molar-refractivity contribution >= 4 is 6.03 Å². The molecule has 1 fully saturated rings. The molecule has 0 spiro atoms. The topological polar surface area (TPSA) is 56.1 Å². The van der Waals surface area contributed by atoms with E-state index in [-0.39, 0.29) is 6.03 Å². The lowest BCUT2D eigenvalue weighted by molar-refractivity contribution is 0.194. The van der Waals surface area contributed by atoms with Crippen molar-refractivity contribution in [3.63, 3.8) is 0 Å². The highest BCUT2D eigenvalue weighted by molar-refractivity contribution is 5.75. The van der Waals surface area contributed by atoms with E-state index < -0.39 is 0 Å². The molecule has 2 atom stereocenters. The summed E-state index contributed by atoms with van der Waals surface area (Å²) in [7, 11) is 0. The number of benzene rings is 1. The lowest BCUT2D eigenvalue weighted by Crippen LogP contribution is -2.41. The lowest BCUT2D eigenvalue weighted by atomic mass is 10.1. The van der Waals surface area contributed by atoms with Crippen LogP contribution in [-0.4, -0.2) is 23.5 Å². The van der Waals surface area contributed by atoms with Crippen molar-refractivity contribution in [3.05, 3.63) is 35.4 Å². The van der Waals surface area contributed by atoms with E-state index in [4.69, 9.17) is 5.26 Å². The van der Waals surface area contributed by atoms with Crippen LogP contribution in [0.5, 0.6) is 0 Å². The molecule has 2 amide bonds. The Kier molecular flexibility index (Phi) is 4.62.